The van der Waals surface area contributed by atoms with E-state index in [0.29, 0.717) is 24.9 Å². The molecule has 6 rings (SSSR count). The maximum absolute atomic E-state index is 12.6. The second-order valence-corrected chi connectivity index (χ2v) is 13.8. The van der Waals surface area contributed by atoms with Crippen molar-refractivity contribution in [3.8, 4) is 5.75 Å². The topological polar surface area (TPSA) is 79.7 Å². The van der Waals surface area contributed by atoms with Crippen LogP contribution in [0, 0.1) is 18.8 Å². The van der Waals surface area contributed by atoms with Crippen molar-refractivity contribution >= 4 is 44.3 Å². The SMILES string of the molecule is Cc1c(Br)cccc1OC1CCC(CC(C)CN2CCN(c3cccc4c(C5CCC(=O)NC5=O)nn(C)c34)CC2)CC1. The smallest absolute Gasteiger partial charge is 0.235 e. The molecule has 230 valence electrons. The Labute approximate surface area is 263 Å². The molecule has 2 amide bonds. The van der Waals surface area contributed by atoms with Crippen LogP contribution in [0.5, 0.6) is 5.75 Å². The number of amides is 2. The summed E-state index contributed by atoms with van der Waals surface area (Å²) in [4.78, 5) is 29.4. The Bertz CT molecular complexity index is 1470. The molecule has 1 aromatic heterocycles. The molecule has 2 aromatic carbocycles. The molecule has 1 N–H and O–H groups in total. The number of hydrogen-bond donors (Lipinski definition) is 1. The van der Waals surface area contributed by atoms with E-state index in [1.807, 2.05) is 11.7 Å². The number of imide groups is 1. The fraction of sp³-hybridized carbons (Fsp3) is 0.559. The van der Waals surface area contributed by atoms with Gasteiger partial charge in [-0.2, -0.15) is 5.10 Å². The summed E-state index contributed by atoms with van der Waals surface area (Å²) in [6.45, 7) is 9.73. The first kappa shape index (κ1) is 30.1. The van der Waals surface area contributed by atoms with Crippen LogP contribution in [-0.2, 0) is 16.6 Å². The zero-order valence-corrected chi connectivity index (χ0v) is 27.2. The average Bonchev–Trinajstić information content (AvgIpc) is 3.33. The molecule has 2 aliphatic heterocycles. The van der Waals surface area contributed by atoms with Gasteiger partial charge >= 0.3 is 0 Å². The van der Waals surface area contributed by atoms with Crippen LogP contribution in [0.15, 0.2) is 40.9 Å². The van der Waals surface area contributed by atoms with Gasteiger partial charge in [-0.3, -0.25) is 24.5 Å². The van der Waals surface area contributed by atoms with Crippen molar-refractivity contribution in [2.45, 2.75) is 70.8 Å². The number of carbonyl (C=O) groups excluding carboxylic acids is 2. The minimum absolute atomic E-state index is 0.195. The number of anilines is 1. The quantitative estimate of drug-likeness (QED) is 0.304. The lowest BCUT2D eigenvalue weighted by Crippen LogP contribution is -2.47. The van der Waals surface area contributed by atoms with Crippen LogP contribution in [0.25, 0.3) is 10.9 Å². The number of halogens is 1. The minimum Gasteiger partial charge on any atom is -0.490 e. The van der Waals surface area contributed by atoms with Crippen LogP contribution in [0.1, 0.15) is 69.0 Å². The third-order valence-corrected chi connectivity index (χ3v) is 10.6. The first-order valence-corrected chi connectivity index (χ1v) is 16.7. The number of para-hydroxylation sites is 1. The van der Waals surface area contributed by atoms with Gasteiger partial charge in [0.2, 0.25) is 11.8 Å². The maximum Gasteiger partial charge on any atom is 0.235 e. The Morgan fingerprint density at radius 3 is 2.51 bits per heavy atom. The molecule has 9 heteroatoms. The zero-order chi connectivity index (χ0) is 30.1. The Morgan fingerprint density at radius 1 is 1.02 bits per heavy atom. The van der Waals surface area contributed by atoms with Crippen LogP contribution >= 0.6 is 15.9 Å². The molecule has 0 radical (unpaired) electrons. The van der Waals surface area contributed by atoms with E-state index in [9.17, 15) is 9.59 Å². The van der Waals surface area contributed by atoms with E-state index in [4.69, 9.17) is 9.84 Å². The van der Waals surface area contributed by atoms with Crippen LogP contribution in [0.3, 0.4) is 0 Å². The highest BCUT2D eigenvalue weighted by Gasteiger charge is 2.33. The summed E-state index contributed by atoms with van der Waals surface area (Å²) in [6.07, 6.45) is 7.29. The van der Waals surface area contributed by atoms with E-state index in [-0.39, 0.29) is 17.7 Å². The van der Waals surface area contributed by atoms with Gasteiger partial charge < -0.3 is 9.64 Å². The molecule has 1 saturated carbocycles. The van der Waals surface area contributed by atoms with E-state index in [0.717, 1.165) is 78.3 Å². The van der Waals surface area contributed by atoms with E-state index in [2.05, 4.69) is 81.3 Å². The lowest BCUT2D eigenvalue weighted by molar-refractivity contribution is -0.134. The summed E-state index contributed by atoms with van der Waals surface area (Å²) in [6, 6.07) is 12.5. The summed E-state index contributed by atoms with van der Waals surface area (Å²) < 4.78 is 9.41. The molecule has 43 heavy (non-hydrogen) atoms. The van der Waals surface area contributed by atoms with Gasteiger partial charge in [0.1, 0.15) is 5.75 Å². The first-order valence-electron chi connectivity index (χ1n) is 15.9. The van der Waals surface area contributed by atoms with Gasteiger partial charge in [0.25, 0.3) is 0 Å². The summed E-state index contributed by atoms with van der Waals surface area (Å²) in [5.41, 5.74) is 4.21. The van der Waals surface area contributed by atoms with Gasteiger partial charge in [0, 0.05) is 61.6 Å². The predicted molar refractivity (Wildman–Crippen MR) is 174 cm³/mol. The van der Waals surface area contributed by atoms with Crippen molar-refractivity contribution in [1.82, 2.24) is 20.0 Å². The first-order chi connectivity index (χ1) is 20.8. The molecule has 1 aliphatic carbocycles. The monoisotopic (exact) mass is 649 g/mol. The highest BCUT2D eigenvalue weighted by Crippen LogP contribution is 2.36. The van der Waals surface area contributed by atoms with E-state index < -0.39 is 0 Å². The second-order valence-electron chi connectivity index (χ2n) is 12.9. The Kier molecular flexibility index (Phi) is 9.10. The van der Waals surface area contributed by atoms with Crippen molar-refractivity contribution < 1.29 is 14.3 Å². The second kappa shape index (κ2) is 13.0. The average molecular weight is 651 g/mol. The molecule has 2 unspecified atom stereocenters. The number of hydrogen-bond acceptors (Lipinski definition) is 6. The fourth-order valence-corrected chi connectivity index (χ4v) is 7.79. The number of fused-ring (bicyclic) bond motifs is 1. The normalized spacial score (nSPS) is 24.3. The number of piperazine rings is 1. The van der Waals surface area contributed by atoms with Crippen LogP contribution in [-0.4, -0.2) is 65.3 Å². The van der Waals surface area contributed by atoms with Gasteiger partial charge in [-0.25, -0.2) is 0 Å². The largest absolute Gasteiger partial charge is 0.490 e. The summed E-state index contributed by atoms with van der Waals surface area (Å²) in [5.74, 6) is 1.67. The van der Waals surface area contributed by atoms with Gasteiger partial charge in [0.05, 0.1) is 28.9 Å². The number of nitrogens with zero attached hydrogens (tertiary/aromatic N) is 4. The molecule has 3 aromatic rings. The van der Waals surface area contributed by atoms with Gasteiger partial charge in [0.15, 0.2) is 0 Å². The van der Waals surface area contributed by atoms with Crippen molar-refractivity contribution in [2.75, 3.05) is 37.6 Å². The highest BCUT2D eigenvalue weighted by atomic mass is 79.9. The third kappa shape index (κ3) is 6.63. The van der Waals surface area contributed by atoms with Crippen LogP contribution < -0.4 is 15.0 Å². The molecule has 8 nitrogen and oxygen atoms in total. The lowest BCUT2D eigenvalue weighted by atomic mass is 9.82. The van der Waals surface area contributed by atoms with Gasteiger partial charge in [-0.1, -0.05) is 41.1 Å². The van der Waals surface area contributed by atoms with E-state index in [1.165, 1.54) is 30.5 Å². The van der Waals surface area contributed by atoms with Crippen LogP contribution in [0.2, 0.25) is 0 Å². The Balaban J connectivity index is 0.997. The van der Waals surface area contributed by atoms with Gasteiger partial charge in [-0.15, -0.1) is 0 Å². The minimum atomic E-state index is -0.381. The number of nitrogens with one attached hydrogen (secondary N) is 1. The van der Waals surface area contributed by atoms with Gasteiger partial charge in [-0.05, 0) is 75.5 Å². The van der Waals surface area contributed by atoms with E-state index >= 15 is 0 Å². The Hall–Kier alpha value is -2.91. The number of carbonyl (C=O) groups is 2. The van der Waals surface area contributed by atoms with Crippen molar-refractivity contribution in [3.63, 3.8) is 0 Å². The summed E-state index contributed by atoms with van der Waals surface area (Å²) >= 11 is 3.62. The molecular formula is C34H44BrN5O3. The third-order valence-electron chi connectivity index (χ3n) is 9.77. The van der Waals surface area contributed by atoms with Crippen molar-refractivity contribution in [2.24, 2.45) is 18.9 Å². The summed E-state index contributed by atoms with van der Waals surface area (Å²) in [7, 11) is 1.96. The molecule has 2 atom stereocenters. The zero-order valence-electron chi connectivity index (χ0n) is 25.7. The molecule has 0 spiro atoms. The molecular weight excluding hydrogens is 606 g/mol. The van der Waals surface area contributed by atoms with E-state index in [1.54, 1.807) is 0 Å². The number of ether oxygens (including phenoxy) is 1. The van der Waals surface area contributed by atoms with Crippen LogP contribution in [0.4, 0.5) is 5.69 Å². The predicted octanol–water partition coefficient (Wildman–Crippen LogP) is 5.95. The molecule has 0 bridgehead atoms. The fourth-order valence-electron chi connectivity index (χ4n) is 7.45. The highest BCUT2D eigenvalue weighted by molar-refractivity contribution is 9.10. The lowest BCUT2D eigenvalue weighted by Gasteiger charge is -2.38. The number of benzene rings is 2. The molecule has 3 heterocycles. The number of piperidine rings is 1. The maximum atomic E-state index is 12.6. The number of rotatable bonds is 8. The number of aryl methyl sites for hydroxylation is 1. The molecule has 3 aliphatic rings. The molecule has 3 fully saturated rings. The van der Waals surface area contributed by atoms with Crippen molar-refractivity contribution in [1.29, 1.82) is 0 Å². The summed E-state index contributed by atoms with van der Waals surface area (Å²) in [5, 5.41) is 8.29. The standard InChI is InChI=1S/C34H44BrN5O3/c1-22(20-24-10-12-25(13-11-24)43-30-9-5-7-28(35)23(30)2)21-39-16-18-40(19-17-39)29-8-4-6-26-32(37-38(3)33(26)29)27-14-15-31(41)36-34(27)42/h4-9,22,24-25,27H,10-21H2,1-3H3,(H,36,41,42). The molecule has 2 saturated heterocycles. The van der Waals surface area contributed by atoms with Crippen molar-refractivity contribution in [3.05, 3.63) is 52.1 Å². The Morgan fingerprint density at radius 2 is 1.77 bits per heavy atom. The number of aromatic nitrogens is 2.